The number of hydrogen-bond donors (Lipinski definition) is 0. The molecule has 0 atom stereocenters. The number of amides is 2. The standard InChI is InChI=1S/C15H15N3O2/c1-2-17-10-16-9-11(17)7-8-18-14(19)12-5-3-4-6-13(12)15(18)20/h3-6,9-10H,2,7-8H2,1H3. The molecule has 0 fully saturated rings. The van der Waals surface area contributed by atoms with Crippen LogP contribution in [0.1, 0.15) is 33.3 Å². The van der Waals surface area contributed by atoms with E-state index >= 15 is 0 Å². The Morgan fingerprint density at radius 1 is 1.10 bits per heavy atom. The van der Waals surface area contributed by atoms with Crippen LogP contribution in [0.15, 0.2) is 36.8 Å². The molecule has 2 amide bonds. The van der Waals surface area contributed by atoms with E-state index in [0.717, 1.165) is 12.2 Å². The Morgan fingerprint density at radius 3 is 2.35 bits per heavy atom. The average molecular weight is 269 g/mol. The summed E-state index contributed by atoms with van der Waals surface area (Å²) in [6.45, 7) is 3.25. The molecule has 0 spiro atoms. The van der Waals surface area contributed by atoms with Crippen molar-refractivity contribution in [1.82, 2.24) is 14.5 Å². The second-order valence-corrected chi connectivity index (χ2v) is 4.73. The number of imidazole rings is 1. The van der Waals surface area contributed by atoms with E-state index in [2.05, 4.69) is 4.98 Å². The third-order valence-corrected chi connectivity index (χ3v) is 3.61. The second-order valence-electron chi connectivity index (χ2n) is 4.73. The van der Waals surface area contributed by atoms with Crippen molar-refractivity contribution < 1.29 is 9.59 Å². The number of carbonyl (C=O) groups excluding carboxylic acids is 2. The highest BCUT2D eigenvalue weighted by Crippen LogP contribution is 2.22. The van der Waals surface area contributed by atoms with Gasteiger partial charge in [-0.25, -0.2) is 4.98 Å². The van der Waals surface area contributed by atoms with Crippen LogP contribution in [0.5, 0.6) is 0 Å². The average Bonchev–Trinajstić information content (AvgIpc) is 3.02. The SMILES string of the molecule is CCn1cncc1CCN1C(=O)c2ccccc2C1=O. The number of carbonyl (C=O) groups is 2. The van der Waals surface area contributed by atoms with Gasteiger partial charge in [0.2, 0.25) is 0 Å². The van der Waals surface area contributed by atoms with Gasteiger partial charge >= 0.3 is 0 Å². The van der Waals surface area contributed by atoms with Crippen molar-refractivity contribution in [1.29, 1.82) is 0 Å². The molecule has 2 aromatic rings. The second kappa shape index (κ2) is 4.92. The summed E-state index contributed by atoms with van der Waals surface area (Å²) in [6, 6.07) is 6.96. The highest BCUT2D eigenvalue weighted by atomic mass is 16.2. The first-order valence-corrected chi connectivity index (χ1v) is 6.66. The summed E-state index contributed by atoms with van der Waals surface area (Å²) in [5, 5.41) is 0. The monoisotopic (exact) mass is 269 g/mol. The fraction of sp³-hybridized carbons (Fsp3) is 0.267. The maximum atomic E-state index is 12.2. The highest BCUT2D eigenvalue weighted by molar-refractivity contribution is 6.21. The molecular formula is C15H15N3O2. The van der Waals surface area contributed by atoms with Gasteiger partial charge in [-0.1, -0.05) is 12.1 Å². The van der Waals surface area contributed by atoms with Gasteiger partial charge in [-0.3, -0.25) is 14.5 Å². The number of hydrogen-bond acceptors (Lipinski definition) is 3. The van der Waals surface area contributed by atoms with Crippen LogP contribution < -0.4 is 0 Å². The van der Waals surface area contributed by atoms with Crippen molar-refractivity contribution in [2.75, 3.05) is 6.54 Å². The van der Waals surface area contributed by atoms with Crippen molar-refractivity contribution in [3.63, 3.8) is 0 Å². The Balaban J connectivity index is 1.77. The third-order valence-electron chi connectivity index (χ3n) is 3.61. The van der Waals surface area contributed by atoms with E-state index in [4.69, 9.17) is 0 Å². The Bertz CT molecular complexity index is 640. The zero-order valence-corrected chi connectivity index (χ0v) is 11.2. The maximum Gasteiger partial charge on any atom is 0.261 e. The van der Waals surface area contributed by atoms with Gasteiger partial charge in [0.15, 0.2) is 0 Å². The molecule has 0 radical (unpaired) electrons. The summed E-state index contributed by atoms with van der Waals surface area (Å²) in [5.41, 5.74) is 2.03. The van der Waals surface area contributed by atoms with Crippen molar-refractivity contribution >= 4 is 11.8 Å². The molecule has 1 aromatic heterocycles. The van der Waals surface area contributed by atoms with Crippen LogP contribution in [-0.2, 0) is 13.0 Å². The summed E-state index contributed by atoms with van der Waals surface area (Å²) in [6.07, 6.45) is 4.17. The first kappa shape index (κ1) is 12.6. The van der Waals surface area contributed by atoms with Gasteiger partial charge in [-0.05, 0) is 19.1 Å². The minimum atomic E-state index is -0.201. The lowest BCUT2D eigenvalue weighted by molar-refractivity contribution is 0.0655. The Morgan fingerprint density at radius 2 is 1.75 bits per heavy atom. The molecule has 102 valence electrons. The Hall–Kier alpha value is -2.43. The number of imide groups is 1. The van der Waals surface area contributed by atoms with Gasteiger partial charge in [0.25, 0.3) is 11.8 Å². The van der Waals surface area contributed by atoms with E-state index in [1.165, 1.54) is 4.90 Å². The molecule has 20 heavy (non-hydrogen) atoms. The fourth-order valence-electron chi connectivity index (χ4n) is 2.51. The predicted octanol–water partition coefficient (Wildman–Crippen LogP) is 1.74. The zero-order chi connectivity index (χ0) is 14.1. The molecule has 0 unspecified atom stereocenters. The normalized spacial score (nSPS) is 13.9. The topological polar surface area (TPSA) is 55.2 Å². The number of fused-ring (bicyclic) bond motifs is 1. The Labute approximate surface area is 116 Å². The molecule has 1 aliphatic rings. The lowest BCUT2D eigenvalue weighted by Gasteiger charge is -2.14. The van der Waals surface area contributed by atoms with E-state index in [1.54, 1.807) is 36.8 Å². The molecular weight excluding hydrogens is 254 g/mol. The zero-order valence-electron chi connectivity index (χ0n) is 11.2. The molecule has 0 saturated heterocycles. The summed E-state index contributed by atoms with van der Waals surface area (Å²) in [5.74, 6) is -0.402. The smallest absolute Gasteiger partial charge is 0.261 e. The van der Waals surface area contributed by atoms with Crippen LogP contribution in [0.4, 0.5) is 0 Å². The molecule has 3 rings (SSSR count). The first-order valence-electron chi connectivity index (χ1n) is 6.66. The number of aromatic nitrogens is 2. The largest absolute Gasteiger partial charge is 0.335 e. The lowest BCUT2D eigenvalue weighted by atomic mass is 10.1. The summed E-state index contributed by atoms with van der Waals surface area (Å²) >= 11 is 0. The first-order chi connectivity index (χ1) is 9.72. The molecule has 0 N–H and O–H groups in total. The van der Waals surface area contributed by atoms with Gasteiger partial charge in [0.05, 0.1) is 17.5 Å². The van der Waals surface area contributed by atoms with Crippen molar-refractivity contribution in [2.24, 2.45) is 0 Å². The van der Waals surface area contributed by atoms with Crippen LogP contribution in [-0.4, -0.2) is 32.8 Å². The van der Waals surface area contributed by atoms with E-state index in [1.807, 2.05) is 11.5 Å². The van der Waals surface area contributed by atoms with Crippen LogP contribution in [0.3, 0.4) is 0 Å². The van der Waals surface area contributed by atoms with E-state index < -0.39 is 0 Å². The van der Waals surface area contributed by atoms with Gasteiger partial charge in [0, 0.05) is 31.4 Å². The maximum absolute atomic E-state index is 12.2. The van der Waals surface area contributed by atoms with Crippen LogP contribution in [0, 0.1) is 0 Å². The number of aryl methyl sites for hydroxylation is 1. The van der Waals surface area contributed by atoms with Gasteiger partial charge in [-0.15, -0.1) is 0 Å². The van der Waals surface area contributed by atoms with E-state index in [0.29, 0.717) is 24.1 Å². The molecule has 1 aliphatic heterocycles. The summed E-state index contributed by atoms with van der Waals surface area (Å²) < 4.78 is 2.01. The van der Waals surface area contributed by atoms with E-state index in [9.17, 15) is 9.59 Å². The highest BCUT2D eigenvalue weighted by Gasteiger charge is 2.34. The molecule has 5 nitrogen and oxygen atoms in total. The van der Waals surface area contributed by atoms with Gasteiger partial charge in [0.1, 0.15) is 0 Å². The quantitative estimate of drug-likeness (QED) is 0.794. The van der Waals surface area contributed by atoms with E-state index in [-0.39, 0.29) is 11.8 Å². The van der Waals surface area contributed by atoms with Gasteiger partial charge in [-0.2, -0.15) is 0 Å². The summed E-state index contributed by atoms with van der Waals surface area (Å²) in [4.78, 5) is 29.8. The number of rotatable bonds is 4. The predicted molar refractivity (Wildman–Crippen MR) is 73.4 cm³/mol. The molecule has 1 aromatic carbocycles. The van der Waals surface area contributed by atoms with Crippen molar-refractivity contribution in [3.05, 3.63) is 53.6 Å². The third kappa shape index (κ3) is 1.91. The van der Waals surface area contributed by atoms with Crippen LogP contribution >= 0.6 is 0 Å². The molecule has 5 heteroatoms. The van der Waals surface area contributed by atoms with Gasteiger partial charge < -0.3 is 4.57 Å². The van der Waals surface area contributed by atoms with Crippen LogP contribution in [0.2, 0.25) is 0 Å². The minimum absolute atomic E-state index is 0.201. The molecule has 0 saturated carbocycles. The Kier molecular flexibility index (Phi) is 3.10. The number of nitrogens with zero attached hydrogens (tertiary/aromatic N) is 3. The molecule has 0 bridgehead atoms. The minimum Gasteiger partial charge on any atom is -0.335 e. The molecule has 2 heterocycles. The van der Waals surface area contributed by atoms with Crippen LogP contribution in [0.25, 0.3) is 0 Å². The molecule has 0 aliphatic carbocycles. The lowest BCUT2D eigenvalue weighted by Crippen LogP contribution is -2.32. The summed E-state index contributed by atoms with van der Waals surface area (Å²) in [7, 11) is 0. The van der Waals surface area contributed by atoms with Crippen molar-refractivity contribution in [3.8, 4) is 0 Å². The van der Waals surface area contributed by atoms with Crippen molar-refractivity contribution in [2.45, 2.75) is 19.9 Å². The number of benzene rings is 1. The fourth-order valence-corrected chi connectivity index (χ4v) is 2.51.